The lowest BCUT2D eigenvalue weighted by Crippen LogP contribution is -2.34. The van der Waals surface area contributed by atoms with Gasteiger partial charge in [-0.2, -0.15) is 0 Å². The maximum Gasteiger partial charge on any atom is 0.170 e. The summed E-state index contributed by atoms with van der Waals surface area (Å²) in [6.07, 6.45) is 4.30. The average molecular weight is 311 g/mol. The molecule has 0 aliphatic heterocycles. The molecule has 1 unspecified atom stereocenters. The number of rotatable bonds is 4. The second-order valence-electron chi connectivity index (χ2n) is 6.31. The maximum absolute atomic E-state index is 13.0. The first-order valence-electron chi connectivity index (χ1n) is 7.37. The van der Waals surface area contributed by atoms with Crippen molar-refractivity contribution >= 4 is 17.4 Å². The Morgan fingerprint density at radius 2 is 1.95 bits per heavy atom. The molecule has 1 atom stereocenters. The quantitative estimate of drug-likeness (QED) is 0.752. The molecule has 116 valence electrons. The van der Waals surface area contributed by atoms with Gasteiger partial charge in [0.25, 0.3) is 0 Å². The summed E-state index contributed by atoms with van der Waals surface area (Å²) in [4.78, 5) is 13.0. The van der Waals surface area contributed by atoms with Gasteiger partial charge in [-0.1, -0.05) is 38.3 Å². The monoisotopic (exact) mass is 310 g/mol. The van der Waals surface area contributed by atoms with Crippen LogP contribution < -0.4 is 9.47 Å². The number of hydrogen-bond acceptors (Lipinski definition) is 3. The fourth-order valence-electron chi connectivity index (χ4n) is 3.26. The van der Waals surface area contributed by atoms with Crippen LogP contribution in [-0.2, 0) is 0 Å². The van der Waals surface area contributed by atoms with Gasteiger partial charge in [0.05, 0.1) is 19.8 Å². The highest BCUT2D eigenvalue weighted by Gasteiger charge is 2.38. The van der Waals surface area contributed by atoms with E-state index in [1.54, 1.807) is 19.2 Å². The Hall–Kier alpha value is -1.22. The van der Waals surface area contributed by atoms with Crippen LogP contribution in [0.1, 0.15) is 49.9 Å². The molecule has 0 saturated heterocycles. The highest BCUT2D eigenvalue weighted by Crippen LogP contribution is 2.45. The number of halogens is 1. The zero-order chi connectivity index (χ0) is 15.6. The third-order valence-electron chi connectivity index (χ3n) is 4.57. The molecule has 0 spiro atoms. The molecule has 0 heterocycles. The van der Waals surface area contributed by atoms with E-state index >= 15 is 0 Å². The number of Topliss-reactive ketones (excluding diaryl/α,β-unsaturated/α-hetero) is 1. The molecule has 1 fully saturated rings. The maximum atomic E-state index is 13.0. The Bertz CT molecular complexity index is 537. The lowest BCUT2D eigenvalue weighted by molar-refractivity contribution is 0.0694. The highest BCUT2D eigenvalue weighted by atomic mass is 35.5. The third-order valence-corrected chi connectivity index (χ3v) is 4.93. The second kappa shape index (κ2) is 6.27. The van der Waals surface area contributed by atoms with Crippen molar-refractivity contribution < 1.29 is 14.3 Å². The molecule has 0 radical (unpaired) electrons. The van der Waals surface area contributed by atoms with E-state index in [1.807, 2.05) is 0 Å². The van der Waals surface area contributed by atoms with Crippen molar-refractivity contribution in [2.75, 3.05) is 14.2 Å². The van der Waals surface area contributed by atoms with Crippen molar-refractivity contribution in [3.8, 4) is 11.5 Å². The summed E-state index contributed by atoms with van der Waals surface area (Å²) < 4.78 is 10.6. The van der Waals surface area contributed by atoms with Crippen LogP contribution in [0.2, 0.25) is 5.02 Å². The number of ketones is 1. The van der Waals surface area contributed by atoms with Crippen molar-refractivity contribution in [3.63, 3.8) is 0 Å². The van der Waals surface area contributed by atoms with E-state index in [1.165, 1.54) is 13.5 Å². The minimum atomic E-state index is 0.0182. The average Bonchev–Trinajstić information content (AvgIpc) is 2.45. The van der Waals surface area contributed by atoms with Crippen LogP contribution in [0.5, 0.6) is 11.5 Å². The largest absolute Gasteiger partial charge is 0.495 e. The number of carbonyl (C=O) groups is 1. The Labute approximate surface area is 131 Å². The molecule has 1 aliphatic rings. The molecule has 2 rings (SSSR count). The first-order valence-corrected chi connectivity index (χ1v) is 7.75. The number of ether oxygens (including phenoxy) is 2. The number of methoxy groups -OCH3 is 2. The van der Waals surface area contributed by atoms with Gasteiger partial charge in [-0.3, -0.25) is 4.79 Å². The van der Waals surface area contributed by atoms with Crippen molar-refractivity contribution in [1.29, 1.82) is 0 Å². The van der Waals surface area contributed by atoms with Crippen LogP contribution in [0, 0.1) is 11.3 Å². The molecular formula is C17H23ClO3. The number of benzene rings is 1. The molecule has 1 aliphatic carbocycles. The topological polar surface area (TPSA) is 35.5 Å². The summed E-state index contributed by atoms with van der Waals surface area (Å²) in [6, 6.07) is 3.49. The zero-order valence-electron chi connectivity index (χ0n) is 13.2. The fraction of sp³-hybridized carbons (Fsp3) is 0.588. The van der Waals surface area contributed by atoms with Crippen molar-refractivity contribution in [1.82, 2.24) is 0 Å². The van der Waals surface area contributed by atoms with Gasteiger partial charge in [-0.25, -0.2) is 0 Å². The Kier molecular flexibility index (Phi) is 4.82. The molecule has 0 aromatic heterocycles. The van der Waals surface area contributed by atoms with Gasteiger partial charge in [-0.05, 0) is 30.4 Å². The van der Waals surface area contributed by atoms with Crippen molar-refractivity contribution in [2.45, 2.75) is 39.5 Å². The smallest absolute Gasteiger partial charge is 0.170 e. The minimum absolute atomic E-state index is 0.0182. The first-order chi connectivity index (χ1) is 9.92. The van der Waals surface area contributed by atoms with Gasteiger partial charge in [0.15, 0.2) is 11.5 Å². The van der Waals surface area contributed by atoms with Crippen LogP contribution in [0.4, 0.5) is 0 Å². The summed E-state index contributed by atoms with van der Waals surface area (Å²) in [5, 5.41) is 0.361. The summed E-state index contributed by atoms with van der Waals surface area (Å²) >= 11 is 6.27. The minimum Gasteiger partial charge on any atom is -0.495 e. The number of hydrogen-bond donors (Lipinski definition) is 0. The van der Waals surface area contributed by atoms with Gasteiger partial charge in [0.2, 0.25) is 0 Å². The van der Waals surface area contributed by atoms with E-state index in [9.17, 15) is 4.79 Å². The summed E-state index contributed by atoms with van der Waals surface area (Å²) in [7, 11) is 3.08. The standard InChI is InChI=1S/C17H23ClO3/c1-17(2)10-6-5-7-12(17)15(19)11-8-9-13(20-3)14(18)16(11)21-4/h8-9,12H,5-7,10H2,1-4H3. The Morgan fingerprint density at radius 3 is 2.52 bits per heavy atom. The van der Waals surface area contributed by atoms with Gasteiger partial charge in [-0.15, -0.1) is 0 Å². The van der Waals surface area contributed by atoms with E-state index in [0.717, 1.165) is 19.3 Å². The molecule has 0 bridgehead atoms. The van der Waals surface area contributed by atoms with Crippen LogP contribution >= 0.6 is 11.6 Å². The van der Waals surface area contributed by atoms with Gasteiger partial charge in [0, 0.05) is 5.92 Å². The first kappa shape index (κ1) is 16.2. The molecule has 3 nitrogen and oxygen atoms in total. The molecule has 1 aromatic carbocycles. The molecule has 1 saturated carbocycles. The van der Waals surface area contributed by atoms with Gasteiger partial charge in [0.1, 0.15) is 10.8 Å². The van der Waals surface area contributed by atoms with E-state index < -0.39 is 0 Å². The molecule has 4 heteroatoms. The Morgan fingerprint density at radius 1 is 1.24 bits per heavy atom. The van der Waals surface area contributed by atoms with E-state index in [4.69, 9.17) is 21.1 Å². The summed E-state index contributed by atoms with van der Waals surface area (Å²) in [5.41, 5.74) is 0.579. The fourth-order valence-corrected chi connectivity index (χ4v) is 3.58. The van der Waals surface area contributed by atoms with Gasteiger partial charge >= 0.3 is 0 Å². The lowest BCUT2D eigenvalue weighted by Gasteiger charge is -2.37. The zero-order valence-corrected chi connectivity index (χ0v) is 13.9. The number of carbonyl (C=O) groups excluding carboxylic acids is 1. The van der Waals surface area contributed by atoms with Crippen molar-refractivity contribution in [3.05, 3.63) is 22.7 Å². The van der Waals surface area contributed by atoms with Crippen LogP contribution in [0.3, 0.4) is 0 Å². The van der Waals surface area contributed by atoms with Crippen molar-refractivity contribution in [2.24, 2.45) is 11.3 Å². The van der Waals surface area contributed by atoms with E-state index in [2.05, 4.69) is 13.8 Å². The predicted molar refractivity (Wildman–Crippen MR) is 84.6 cm³/mol. The van der Waals surface area contributed by atoms with Crippen LogP contribution in [0.15, 0.2) is 12.1 Å². The summed E-state index contributed by atoms with van der Waals surface area (Å²) in [6.45, 7) is 4.35. The highest BCUT2D eigenvalue weighted by molar-refractivity contribution is 6.34. The molecular weight excluding hydrogens is 288 g/mol. The van der Waals surface area contributed by atoms with Gasteiger partial charge < -0.3 is 9.47 Å². The lowest BCUT2D eigenvalue weighted by atomic mass is 9.66. The second-order valence-corrected chi connectivity index (χ2v) is 6.69. The molecule has 0 N–H and O–H groups in total. The molecule has 21 heavy (non-hydrogen) atoms. The molecule has 1 aromatic rings. The normalized spacial score (nSPS) is 20.9. The third kappa shape index (κ3) is 3.03. The van der Waals surface area contributed by atoms with Crippen LogP contribution in [-0.4, -0.2) is 20.0 Å². The van der Waals surface area contributed by atoms with Crippen LogP contribution in [0.25, 0.3) is 0 Å². The SMILES string of the molecule is COc1ccc(C(=O)C2CCCCC2(C)C)c(OC)c1Cl. The predicted octanol–water partition coefficient (Wildman–Crippen LogP) is 4.76. The van der Waals surface area contributed by atoms with E-state index in [0.29, 0.717) is 22.1 Å². The molecule has 0 amide bonds. The summed E-state index contributed by atoms with van der Waals surface area (Å²) in [5.74, 6) is 1.08. The van der Waals surface area contributed by atoms with E-state index in [-0.39, 0.29) is 17.1 Å². The Balaban J connectivity index is 2.41.